The number of para-hydroxylation sites is 2. The standard InChI is InChI=1S/C16H19N.H2/c1-4-14-10-7-9-13(3)16(14)17-15-11-6-5-8-12(15)2;/h5-11,17H,4H2,1-3H3;1H. The molecule has 0 aliphatic carbocycles. The van der Waals surface area contributed by atoms with Gasteiger partial charge in [-0.05, 0) is 43.0 Å². The zero-order valence-electron chi connectivity index (χ0n) is 10.7. The average Bonchev–Trinajstić information content (AvgIpc) is 2.34. The molecule has 0 fully saturated rings. The minimum absolute atomic E-state index is 0. The fourth-order valence-corrected chi connectivity index (χ4v) is 2.05. The highest BCUT2D eigenvalue weighted by Crippen LogP contribution is 2.26. The molecule has 90 valence electrons. The van der Waals surface area contributed by atoms with Gasteiger partial charge in [-0.25, -0.2) is 0 Å². The van der Waals surface area contributed by atoms with Crippen LogP contribution in [0.4, 0.5) is 11.4 Å². The second-order valence-electron chi connectivity index (χ2n) is 4.40. The van der Waals surface area contributed by atoms with Crippen LogP contribution in [-0.2, 0) is 6.42 Å². The summed E-state index contributed by atoms with van der Waals surface area (Å²) < 4.78 is 0. The SMILES string of the molecule is CCc1cccc(C)c1Nc1ccccc1C.[HH]. The molecule has 0 aliphatic heterocycles. The molecule has 1 heteroatoms. The maximum absolute atomic E-state index is 3.56. The summed E-state index contributed by atoms with van der Waals surface area (Å²) in [4.78, 5) is 0. The summed E-state index contributed by atoms with van der Waals surface area (Å²) in [7, 11) is 0. The predicted octanol–water partition coefficient (Wildman–Crippen LogP) is 4.86. The van der Waals surface area contributed by atoms with Crippen LogP contribution >= 0.6 is 0 Å². The Kier molecular flexibility index (Phi) is 3.48. The first-order valence-electron chi connectivity index (χ1n) is 6.13. The average molecular weight is 227 g/mol. The smallest absolute Gasteiger partial charge is 0.0446 e. The molecule has 1 nitrogen and oxygen atoms in total. The topological polar surface area (TPSA) is 12.0 Å². The highest BCUT2D eigenvalue weighted by Gasteiger charge is 2.05. The molecule has 17 heavy (non-hydrogen) atoms. The van der Waals surface area contributed by atoms with Crippen molar-refractivity contribution in [1.29, 1.82) is 0 Å². The van der Waals surface area contributed by atoms with Crippen LogP contribution in [0.25, 0.3) is 0 Å². The summed E-state index contributed by atoms with van der Waals surface area (Å²) in [6, 6.07) is 14.9. The van der Waals surface area contributed by atoms with Gasteiger partial charge in [0.25, 0.3) is 0 Å². The van der Waals surface area contributed by atoms with E-state index in [4.69, 9.17) is 0 Å². The quantitative estimate of drug-likeness (QED) is 0.790. The maximum atomic E-state index is 3.56. The molecule has 0 bridgehead atoms. The number of hydrogen-bond acceptors (Lipinski definition) is 1. The minimum atomic E-state index is 0. The van der Waals surface area contributed by atoms with Crippen molar-refractivity contribution < 1.29 is 1.43 Å². The number of benzene rings is 2. The molecule has 0 aliphatic rings. The molecular formula is C16H21N. The first-order valence-corrected chi connectivity index (χ1v) is 6.13. The lowest BCUT2D eigenvalue weighted by Crippen LogP contribution is -1.99. The van der Waals surface area contributed by atoms with Crippen LogP contribution in [0.15, 0.2) is 42.5 Å². The van der Waals surface area contributed by atoms with E-state index < -0.39 is 0 Å². The molecule has 0 spiro atoms. The van der Waals surface area contributed by atoms with Crippen LogP contribution < -0.4 is 5.32 Å². The lowest BCUT2D eigenvalue weighted by molar-refractivity contribution is 1.13. The molecule has 0 amide bonds. The third-order valence-corrected chi connectivity index (χ3v) is 3.14. The van der Waals surface area contributed by atoms with E-state index in [-0.39, 0.29) is 1.43 Å². The van der Waals surface area contributed by atoms with Gasteiger partial charge in [0.05, 0.1) is 0 Å². The first kappa shape index (κ1) is 11.7. The Morgan fingerprint density at radius 3 is 2.35 bits per heavy atom. The predicted molar refractivity (Wildman–Crippen MR) is 77.1 cm³/mol. The summed E-state index contributed by atoms with van der Waals surface area (Å²) in [5.41, 5.74) is 6.39. The normalized spacial score (nSPS) is 10.3. The molecule has 1 N–H and O–H groups in total. The maximum Gasteiger partial charge on any atom is 0.0446 e. The van der Waals surface area contributed by atoms with Gasteiger partial charge in [0.2, 0.25) is 0 Å². The fraction of sp³-hybridized carbons (Fsp3) is 0.250. The third kappa shape index (κ3) is 2.50. The minimum Gasteiger partial charge on any atom is -0.355 e. The van der Waals surface area contributed by atoms with Gasteiger partial charge in [-0.1, -0.05) is 43.3 Å². The second kappa shape index (κ2) is 5.05. The van der Waals surface area contributed by atoms with E-state index in [1.807, 2.05) is 0 Å². The molecule has 0 heterocycles. The van der Waals surface area contributed by atoms with Crippen molar-refractivity contribution in [3.05, 3.63) is 59.2 Å². The Hall–Kier alpha value is -1.76. The van der Waals surface area contributed by atoms with Crippen molar-refractivity contribution in [2.75, 3.05) is 5.32 Å². The van der Waals surface area contributed by atoms with Gasteiger partial charge in [-0.3, -0.25) is 0 Å². The molecule has 0 aromatic heterocycles. The van der Waals surface area contributed by atoms with Crippen LogP contribution in [0, 0.1) is 13.8 Å². The Morgan fingerprint density at radius 1 is 0.941 bits per heavy atom. The zero-order valence-corrected chi connectivity index (χ0v) is 10.7. The monoisotopic (exact) mass is 227 g/mol. The Balaban J connectivity index is 0.00000162. The number of aryl methyl sites for hydroxylation is 3. The molecule has 0 atom stereocenters. The number of anilines is 2. The summed E-state index contributed by atoms with van der Waals surface area (Å²) in [6.45, 7) is 6.48. The molecule has 2 aromatic carbocycles. The molecular weight excluding hydrogens is 206 g/mol. The molecule has 2 aromatic rings. The van der Waals surface area contributed by atoms with Crippen molar-refractivity contribution in [1.82, 2.24) is 0 Å². The molecule has 0 unspecified atom stereocenters. The van der Waals surface area contributed by atoms with Gasteiger partial charge in [0, 0.05) is 12.8 Å². The Labute approximate surface area is 105 Å². The van der Waals surface area contributed by atoms with E-state index in [0.29, 0.717) is 0 Å². The summed E-state index contributed by atoms with van der Waals surface area (Å²) in [5.74, 6) is 0. The van der Waals surface area contributed by atoms with E-state index in [1.165, 1.54) is 28.1 Å². The molecule has 0 radical (unpaired) electrons. The molecule has 2 rings (SSSR count). The van der Waals surface area contributed by atoms with Crippen molar-refractivity contribution in [3.63, 3.8) is 0 Å². The zero-order chi connectivity index (χ0) is 12.3. The van der Waals surface area contributed by atoms with Crippen molar-refractivity contribution in [2.24, 2.45) is 0 Å². The van der Waals surface area contributed by atoms with Crippen LogP contribution in [0.2, 0.25) is 0 Å². The van der Waals surface area contributed by atoms with E-state index in [1.54, 1.807) is 0 Å². The van der Waals surface area contributed by atoms with E-state index >= 15 is 0 Å². The van der Waals surface area contributed by atoms with Crippen LogP contribution in [0.5, 0.6) is 0 Å². The van der Waals surface area contributed by atoms with Crippen molar-refractivity contribution in [2.45, 2.75) is 27.2 Å². The van der Waals surface area contributed by atoms with Crippen LogP contribution in [0.1, 0.15) is 25.0 Å². The van der Waals surface area contributed by atoms with Gasteiger partial charge in [0.15, 0.2) is 0 Å². The molecule has 0 saturated heterocycles. The van der Waals surface area contributed by atoms with E-state index in [0.717, 1.165) is 6.42 Å². The lowest BCUT2D eigenvalue weighted by Gasteiger charge is -2.15. The second-order valence-corrected chi connectivity index (χ2v) is 4.40. The summed E-state index contributed by atoms with van der Waals surface area (Å²) >= 11 is 0. The highest BCUT2D eigenvalue weighted by molar-refractivity contribution is 5.68. The number of hydrogen-bond donors (Lipinski definition) is 1. The Morgan fingerprint density at radius 2 is 1.65 bits per heavy atom. The van der Waals surface area contributed by atoms with Gasteiger partial charge in [-0.2, -0.15) is 0 Å². The first-order chi connectivity index (χ1) is 8.22. The summed E-state index contributed by atoms with van der Waals surface area (Å²) in [6.07, 6.45) is 1.05. The van der Waals surface area contributed by atoms with E-state index in [9.17, 15) is 0 Å². The lowest BCUT2D eigenvalue weighted by atomic mass is 10.0. The third-order valence-electron chi connectivity index (χ3n) is 3.14. The van der Waals surface area contributed by atoms with Gasteiger partial charge < -0.3 is 5.32 Å². The van der Waals surface area contributed by atoms with Crippen LogP contribution in [-0.4, -0.2) is 0 Å². The highest BCUT2D eigenvalue weighted by atomic mass is 14.9. The van der Waals surface area contributed by atoms with Gasteiger partial charge >= 0.3 is 0 Å². The van der Waals surface area contributed by atoms with Gasteiger partial charge in [0.1, 0.15) is 0 Å². The van der Waals surface area contributed by atoms with Crippen LogP contribution in [0.3, 0.4) is 0 Å². The fourth-order valence-electron chi connectivity index (χ4n) is 2.05. The van der Waals surface area contributed by atoms with Gasteiger partial charge in [-0.15, -0.1) is 0 Å². The van der Waals surface area contributed by atoms with Crippen molar-refractivity contribution in [3.8, 4) is 0 Å². The number of rotatable bonds is 3. The Bertz CT molecular complexity index is 520. The number of nitrogens with one attached hydrogen (secondary N) is 1. The van der Waals surface area contributed by atoms with E-state index in [2.05, 4.69) is 68.6 Å². The largest absolute Gasteiger partial charge is 0.355 e. The summed E-state index contributed by atoms with van der Waals surface area (Å²) in [5, 5.41) is 3.56. The van der Waals surface area contributed by atoms with Crippen molar-refractivity contribution >= 4 is 11.4 Å². The molecule has 0 saturated carbocycles.